The average molecular weight is 397 g/mol. The second-order valence-electron chi connectivity index (χ2n) is 7.64. The molecule has 0 radical (unpaired) electrons. The zero-order chi connectivity index (χ0) is 20.1. The van der Waals surface area contributed by atoms with Crippen molar-refractivity contribution in [2.45, 2.75) is 31.5 Å². The van der Waals surface area contributed by atoms with E-state index in [-0.39, 0.29) is 24.2 Å². The molecule has 2 aliphatic heterocycles. The number of rotatable bonds is 7. The molecule has 154 valence electrons. The average Bonchev–Trinajstić information content (AvgIpc) is 2.91. The van der Waals surface area contributed by atoms with E-state index in [1.54, 1.807) is 6.07 Å². The fourth-order valence-electron chi connectivity index (χ4n) is 3.68. The number of carbonyl (C=O) groups excluding carboxylic acids is 1. The molecule has 0 saturated carbocycles. The molecular formula is C21H27N5O3. The van der Waals surface area contributed by atoms with Gasteiger partial charge in [-0.2, -0.15) is 0 Å². The van der Waals surface area contributed by atoms with Gasteiger partial charge in [-0.25, -0.2) is 9.97 Å². The molecular weight excluding hydrogens is 370 g/mol. The first kappa shape index (κ1) is 19.8. The van der Waals surface area contributed by atoms with Crippen molar-refractivity contribution < 1.29 is 14.6 Å². The fraction of sp³-hybridized carbons (Fsp3) is 0.476. The van der Waals surface area contributed by atoms with Crippen molar-refractivity contribution in [2.24, 2.45) is 0 Å². The number of amides is 1. The van der Waals surface area contributed by atoms with Gasteiger partial charge >= 0.3 is 0 Å². The molecule has 1 fully saturated rings. The molecule has 1 amide bonds. The van der Waals surface area contributed by atoms with E-state index in [0.717, 1.165) is 25.9 Å². The van der Waals surface area contributed by atoms with Gasteiger partial charge in [-0.15, -0.1) is 0 Å². The Balaban J connectivity index is 1.26. The number of ether oxygens (including phenoxy) is 1. The number of nitrogens with zero attached hydrogens (tertiary/aromatic N) is 3. The van der Waals surface area contributed by atoms with Gasteiger partial charge in [0.05, 0.1) is 25.4 Å². The first-order chi connectivity index (χ1) is 14.2. The van der Waals surface area contributed by atoms with Gasteiger partial charge in [-0.05, 0) is 30.5 Å². The lowest BCUT2D eigenvalue weighted by atomic mass is 10.0. The van der Waals surface area contributed by atoms with Gasteiger partial charge in [0.15, 0.2) is 0 Å². The molecule has 0 aliphatic carbocycles. The van der Waals surface area contributed by atoms with E-state index >= 15 is 0 Å². The monoisotopic (exact) mass is 397 g/mol. The molecule has 1 aromatic carbocycles. The van der Waals surface area contributed by atoms with Crippen LogP contribution in [0.2, 0.25) is 0 Å². The Bertz CT molecular complexity index is 843. The first-order valence-electron chi connectivity index (χ1n) is 10.1. The summed E-state index contributed by atoms with van der Waals surface area (Å²) < 4.78 is 5.12. The van der Waals surface area contributed by atoms with Gasteiger partial charge < -0.3 is 20.5 Å². The fourth-order valence-corrected chi connectivity index (χ4v) is 3.68. The molecule has 3 heterocycles. The van der Waals surface area contributed by atoms with Crippen molar-refractivity contribution in [3.63, 3.8) is 0 Å². The maximum Gasteiger partial charge on any atom is 0.270 e. The number of nitrogens with one attached hydrogen (secondary N) is 2. The third-order valence-corrected chi connectivity index (χ3v) is 5.29. The number of carbonyl (C=O) groups is 1. The smallest absolute Gasteiger partial charge is 0.270 e. The Labute approximate surface area is 170 Å². The molecule has 29 heavy (non-hydrogen) atoms. The number of fused-ring (bicyclic) bond motifs is 1. The number of β-amino-alcohol motifs (C(OH)–C–C–N with tert-alkyl or cyclic N) is 1. The number of hydrogen-bond acceptors (Lipinski definition) is 7. The zero-order valence-corrected chi connectivity index (χ0v) is 16.4. The number of hydrogen-bond donors (Lipinski definition) is 3. The summed E-state index contributed by atoms with van der Waals surface area (Å²) in [7, 11) is 0. The minimum absolute atomic E-state index is 0.181. The Morgan fingerprint density at radius 1 is 1.28 bits per heavy atom. The van der Waals surface area contributed by atoms with Crippen LogP contribution < -0.4 is 10.6 Å². The lowest BCUT2D eigenvalue weighted by molar-refractivity contribution is 0.0209. The molecule has 0 unspecified atom stereocenters. The van der Waals surface area contributed by atoms with Crippen LogP contribution in [0, 0.1) is 0 Å². The maximum atomic E-state index is 12.4. The van der Waals surface area contributed by atoms with Crippen LogP contribution in [0.15, 0.2) is 36.7 Å². The van der Waals surface area contributed by atoms with E-state index in [2.05, 4.69) is 49.8 Å². The summed E-state index contributed by atoms with van der Waals surface area (Å²) in [5.41, 5.74) is 2.98. The second kappa shape index (κ2) is 9.30. The van der Waals surface area contributed by atoms with Crippen LogP contribution in [0.5, 0.6) is 0 Å². The van der Waals surface area contributed by atoms with E-state index in [9.17, 15) is 9.90 Å². The first-order valence-corrected chi connectivity index (χ1v) is 10.1. The highest BCUT2D eigenvalue weighted by molar-refractivity contribution is 5.92. The molecule has 2 aliphatic rings. The van der Waals surface area contributed by atoms with Crippen LogP contribution >= 0.6 is 0 Å². The summed E-state index contributed by atoms with van der Waals surface area (Å²) in [5.74, 6) is 0.280. The molecule has 1 aromatic heterocycles. The van der Waals surface area contributed by atoms with Gasteiger partial charge in [0.1, 0.15) is 17.8 Å². The largest absolute Gasteiger partial charge is 0.390 e. The third kappa shape index (κ3) is 5.29. The lowest BCUT2D eigenvalue weighted by Gasteiger charge is -2.27. The summed E-state index contributed by atoms with van der Waals surface area (Å²) in [6, 6.07) is 10.3. The van der Waals surface area contributed by atoms with Crippen molar-refractivity contribution in [2.75, 3.05) is 38.2 Å². The number of aliphatic hydroxyl groups is 1. The highest BCUT2D eigenvalue weighted by Gasteiger charge is 2.20. The number of anilines is 1. The highest BCUT2D eigenvalue weighted by Crippen LogP contribution is 2.18. The lowest BCUT2D eigenvalue weighted by Crippen LogP contribution is -2.41. The van der Waals surface area contributed by atoms with Gasteiger partial charge in [0.25, 0.3) is 5.91 Å². The molecule has 1 atom stereocenters. The normalized spacial score (nSPS) is 18.2. The molecule has 0 bridgehead atoms. The topological polar surface area (TPSA) is 99.6 Å². The van der Waals surface area contributed by atoms with Crippen molar-refractivity contribution >= 4 is 11.7 Å². The Hall–Kier alpha value is -2.55. The van der Waals surface area contributed by atoms with E-state index in [1.165, 1.54) is 17.5 Å². The number of aliphatic hydroxyl groups excluding tert-OH is 1. The van der Waals surface area contributed by atoms with Crippen LogP contribution in [0.25, 0.3) is 0 Å². The quantitative estimate of drug-likeness (QED) is 0.636. The summed E-state index contributed by atoms with van der Waals surface area (Å²) in [6.07, 6.45) is 2.85. The molecule has 0 spiro atoms. The predicted molar refractivity (Wildman–Crippen MR) is 109 cm³/mol. The Morgan fingerprint density at radius 3 is 2.90 bits per heavy atom. The molecule has 8 nitrogen and oxygen atoms in total. The molecule has 4 rings (SSSR count). The van der Waals surface area contributed by atoms with Crippen LogP contribution in [0.4, 0.5) is 5.82 Å². The number of aryl methyl sites for hydroxylation is 1. The minimum atomic E-state index is -0.643. The second-order valence-corrected chi connectivity index (χ2v) is 7.64. The van der Waals surface area contributed by atoms with E-state index in [0.29, 0.717) is 25.6 Å². The van der Waals surface area contributed by atoms with E-state index < -0.39 is 6.10 Å². The van der Waals surface area contributed by atoms with Crippen molar-refractivity contribution in [1.82, 2.24) is 20.2 Å². The highest BCUT2D eigenvalue weighted by atomic mass is 16.5. The third-order valence-electron chi connectivity index (χ3n) is 5.29. The summed E-state index contributed by atoms with van der Waals surface area (Å²) in [4.78, 5) is 22.8. The van der Waals surface area contributed by atoms with Crippen LogP contribution in [0.1, 0.15) is 28.0 Å². The van der Waals surface area contributed by atoms with Gasteiger partial charge in [-0.1, -0.05) is 24.3 Å². The van der Waals surface area contributed by atoms with Crippen LogP contribution in [0.3, 0.4) is 0 Å². The zero-order valence-electron chi connectivity index (χ0n) is 16.4. The Morgan fingerprint density at radius 2 is 2.10 bits per heavy atom. The number of benzene rings is 1. The molecule has 8 heteroatoms. The van der Waals surface area contributed by atoms with E-state index in [4.69, 9.17) is 4.74 Å². The van der Waals surface area contributed by atoms with Crippen molar-refractivity contribution in [1.29, 1.82) is 0 Å². The Kier molecular flexibility index (Phi) is 6.33. The van der Waals surface area contributed by atoms with Gasteiger partial charge in [0.2, 0.25) is 0 Å². The SMILES string of the molecule is O=C(NC[C@H](O)CN1CCCc2ccccc2C1)c1cc(NC2COC2)ncn1. The number of aromatic nitrogens is 2. The summed E-state index contributed by atoms with van der Waals surface area (Å²) in [6.45, 7) is 3.74. The molecule has 2 aromatic rings. The minimum Gasteiger partial charge on any atom is -0.390 e. The van der Waals surface area contributed by atoms with Crippen molar-refractivity contribution in [3.8, 4) is 0 Å². The molecule has 1 saturated heterocycles. The standard InChI is InChI=1S/C21H27N5O3/c27-18(11-26-7-3-6-15-4-1-2-5-16(15)10-26)9-22-21(28)19-8-20(24-14-23-19)25-17-12-29-13-17/h1-2,4-5,8,14,17-18,27H,3,6-7,9-13H2,(H,22,28)(H,23,24,25)/t18-/m0/s1. The van der Waals surface area contributed by atoms with Gasteiger partial charge in [0, 0.05) is 25.7 Å². The van der Waals surface area contributed by atoms with Crippen LogP contribution in [-0.2, 0) is 17.7 Å². The molecule has 3 N–H and O–H groups in total. The predicted octanol–water partition coefficient (Wildman–Crippen LogP) is 0.826. The summed E-state index contributed by atoms with van der Waals surface area (Å²) >= 11 is 0. The van der Waals surface area contributed by atoms with Gasteiger partial charge in [-0.3, -0.25) is 9.69 Å². The maximum absolute atomic E-state index is 12.4. The van der Waals surface area contributed by atoms with Crippen molar-refractivity contribution in [3.05, 3.63) is 53.5 Å². The van der Waals surface area contributed by atoms with Crippen LogP contribution in [-0.4, -0.2) is 70.9 Å². The summed E-state index contributed by atoms with van der Waals surface area (Å²) in [5, 5.41) is 16.4. The van der Waals surface area contributed by atoms with E-state index in [1.807, 2.05) is 0 Å².